The first-order valence-electron chi connectivity index (χ1n) is 5.38. The molecular formula is C11H15FN2O3S. The van der Waals surface area contributed by atoms with Gasteiger partial charge in [-0.05, 0) is 24.8 Å². The molecule has 0 aromatic heterocycles. The smallest absolute Gasteiger partial charge is 0.295 e. The zero-order valence-corrected chi connectivity index (χ0v) is 10.7. The molecule has 100 valence electrons. The third-order valence-electron chi connectivity index (χ3n) is 2.36. The molecular weight excluding hydrogens is 259 g/mol. The summed E-state index contributed by atoms with van der Waals surface area (Å²) in [4.78, 5) is 10.2. The summed E-state index contributed by atoms with van der Waals surface area (Å²) in [6.07, 6.45) is 2.39. The van der Waals surface area contributed by atoms with Gasteiger partial charge >= 0.3 is 0 Å². The Labute approximate surface area is 109 Å². The van der Waals surface area contributed by atoms with Crippen LogP contribution >= 0.6 is 11.8 Å². The molecule has 5 nitrogen and oxygen atoms in total. The second-order valence-corrected chi connectivity index (χ2v) is 4.64. The van der Waals surface area contributed by atoms with Gasteiger partial charge in [-0.1, -0.05) is 0 Å². The molecule has 18 heavy (non-hydrogen) atoms. The maximum Gasteiger partial charge on any atom is 0.295 e. The lowest BCUT2D eigenvalue weighted by atomic mass is 10.2. The molecule has 1 aromatic rings. The molecule has 0 saturated carbocycles. The minimum Gasteiger partial charge on any atom is -0.396 e. The van der Waals surface area contributed by atoms with Gasteiger partial charge in [-0.15, -0.1) is 0 Å². The van der Waals surface area contributed by atoms with Gasteiger partial charge in [0, 0.05) is 18.4 Å². The van der Waals surface area contributed by atoms with Crippen molar-refractivity contribution in [2.75, 3.05) is 23.9 Å². The van der Waals surface area contributed by atoms with Gasteiger partial charge < -0.3 is 10.4 Å². The molecule has 0 aliphatic carbocycles. The maximum absolute atomic E-state index is 13.0. The quantitative estimate of drug-likeness (QED) is 0.589. The summed E-state index contributed by atoms with van der Waals surface area (Å²) >= 11 is 1.57. The van der Waals surface area contributed by atoms with Crippen LogP contribution in [0.1, 0.15) is 6.42 Å². The lowest BCUT2D eigenvalue weighted by Crippen LogP contribution is -2.24. The van der Waals surface area contributed by atoms with Gasteiger partial charge in [-0.3, -0.25) is 10.1 Å². The number of nitro benzene ring substituents is 1. The van der Waals surface area contributed by atoms with Crippen LogP contribution in [0.15, 0.2) is 18.2 Å². The number of halogens is 1. The molecule has 2 N–H and O–H groups in total. The van der Waals surface area contributed by atoms with Crippen LogP contribution in [0.5, 0.6) is 0 Å². The number of aliphatic hydroxyl groups excluding tert-OH is 1. The molecule has 0 amide bonds. The number of aliphatic hydroxyl groups is 1. The second kappa shape index (κ2) is 7.17. The normalized spacial score (nSPS) is 12.2. The molecule has 1 rings (SSSR count). The van der Waals surface area contributed by atoms with Crippen LogP contribution in [0.25, 0.3) is 0 Å². The van der Waals surface area contributed by atoms with E-state index in [-0.39, 0.29) is 24.0 Å². The SMILES string of the molecule is CSC[C@H](CCO)Nc1ccc(F)cc1[N+](=O)[O-]. The summed E-state index contributed by atoms with van der Waals surface area (Å²) in [6.45, 7) is -0.00673. The van der Waals surface area contributed by atoms with Crippen molar-refractivity contribution in [2.24, 2.45) is 0 Å². The topological polar surface area (TPSA) is 75.4 Å². The van der Waals surface area contributed by atoms with Crippen molar-refractivity contribution in [3.05, 3.63) is 34.1 Å². The third-order valence-corrected chi connectivity index (χ3v) is 3.10. The fraction of sp³-hybridized carbons (Fsp3) is 0.455. The number of rotatable bonds is 7. The van der Waals surface area contributed by atoms with Crippen molar-refractivity contribution in [3.63, 3.8) is 0 Å². The number of anilines is 1. The number of nitrogens with zero attached hydrogens (tertiary/aromatic N) is 1. The minimum atomic E-state index is -0.643. The van der Waals surface area contributed by atoms with Gasteiger partial charge in [0.05, 0.1) is 11.0 Å². The first-order valence-corrected chi connectivity index (χ1v) is 6.78. The van der Waals surface area contributed by atoms with E-state index in [1.807, 2.05) is 6.26 Å². The van der Waals surface area contributed by atoms with Gasteiger partial charge in [0.2, 0.25) is 0 Å². The van der Waals surface area contributed by atoms with E-state index < -0.39 is 10.7 Å². The molecule has 1 aromatic carbocycles. The van der Waals surface area contributed by atoms with Gasteiger partial charge in [0.15, 0.2) is 0 Å². The first kappa shape index (κ1) is 14.7. The molecule has 0 aliphatic heterocycles. The fourth-order valence-corrected chi connectivity index (χ4v) is 2.20. The highest BCUT2D eigenvalue weighted by molar-refractivity contribution is 7.98. The molecule has 0 heterocycles. The number of hydrogen-bond acceptors (Lipinski definition) is 5. The van der Waals surface area contributed by atoms with Crippen LogP contribution in [0.3, 0.4) is 0 Å². The Morgan fingerprint density at radius 3 is 2.89 bits per heavy atom. The van der Waals surface area contributed by atoms with Crippen LogP contribution in [-0.2, 0) is 0 Å². The van der Waals surface area contributed by atoms with Gasteiger partial charge in [-0.25, -0.2) is 4.39 Å². The number of nitro groups is 1. The lowest BCUT2D eigenvalue weighted by Gasteiger charge is -2.17. The van der Waals surface area contributed by atoms with Crippen molar-refractivity contribution >= 4 is 23.1 Å². The highest BCUT2D eigenvalue weighted by Crippen LogP contribution is 2.26. The van der Waals surface area contributed by atoms with Crippen molar-refractivity contribution in [2.45, 2.75) is 12.5 Å². The van der Waals surface area contributed by atoms with E-state index in [1.54, 1.807) is 11.8 Å². The van der Waals surface area contributed by atoms with Gasteiger partial charge in [0.1, 0.15) is 11.5 Å². The van der Waals surface area contributed by atoms with Gasteiger partial charge in [-0.2, -0.15) is 11.8 Å². The highest BCUT2D eigenvalue weighted by Gasteiger charge is 2.17. The van der Waals surface area contributed by atoms with Crippen molar-refractivity contribution in [3.8, 4) is 0 Å². The lowest BCUT2D eigenvalue weighted by molar-refractivity contribution is -0.384. The second-order valence-electron chi connectivity index (χ2n) is 3.73. The van der Waals surface area contributed by atoms with Crippen LogP contribution < -0.4 is 5.32 Å². The Balaban J connectivity index is 2.90. The zero-order chi connectivity index (χ0) is 13.5. The Kier molecular flexibility index (Phi) is 5.87. The van der Waals surface area contributed by atoms with Gasteiger partial charge in [0.25, 0.3) is 5.69 Å². The van der Waals surface area contributed by atoms with Crippen LogP contribution in [-0.4, -0.2) is 34.7 Å². The molecule has 0 unspecified atom stereocenters. The van der Waals surface area contributed by atoms with E-state index >= 15 is 0 Å². The Morgan fingerprint density at radius 2 is 2.33 bits per heavy atom. The Bertz CT molecular complexity index is 411. The van der Waals surface area contributed by atoms with E-state index in [0.717, 1.165) is 6.07 Å². The average Bonchev–Trinajstić information content (AvgIpc) is 2.32. The van der Waals surface area contributed by atoms with Crippen LogP contribution in [0.2, 0.25) is 0 Å². The monoisotopic (exact) mass is 274 g/mol. The molecule has 7 heteroatoms. The molecule has 1 atom stereocenters. The summed E-state index contributed by atoms with van der Waals surface area (Å²) in [5, 5.41) is 22.7. The summed E-state index contributed by atoms with van der Waals surface area (Å²) in [5.41, 5.74) is -0.0204. The zero-order valence-electron chi connectivity index (χ0n) is 9.93. The Hall–Kier alpha value is -1.34. The summed E-state index contributed by atoms with van der Waals surface area (Å²) < 4.78 is 13.0. The maximum atomic E-state index is 13.0. The molecule has 0 spiro atoms. The molecule has 0 fully saturated rings. The minimum absolute atomic E-state index is 0.00673. The van der Waals surface area contributed by atoms with E-state index in [9.17, 15) is 14.5 Å². The number of hydrogen-bond donors (Lipinski definition) is 2. The van der Waals surface area contributed by atoms with E-state index in [1.165, 1.54) is 12.1 Å². The van der Waals surface area contributed by atoms with E-state index in [0.29, 0.717) is 12.2 Å². The van der Waals surface area contributed by atoms with Crippen LogP contribution in [0.4, 0.5) is 15.8 Å². The fourth-order valence-electron chi connectivity index (χ4n) is 1.55. The third kappa shape index (κ3) is 4.15. The summed E-state index contributed by atoms with van der Waals surface area (Å²) in [7, 11) is 0. The predicted molar refractivity (Wildman–Crippen MR) is 70.5 cm³/mol. The number of benzene rings is 1. The molecule has 0 radical (unpaired) electrons. The Morgan fingerprint density at radius 1 is 1.61 bits per heavy atom. The van der Waals surface area contributed by atoms with E-state index in [4.69, 9.17) is 5.11 Å². The van der Waals surface area contributed by atoms with Crippen LogP contribution in [0, 0.1) is 15.9 Å². The first-order chi connectivity index (χ1) is 8.58. The largest absolute Gasteiger partial charge is 0.396 e. The number of nitrogens with one attached hydrogen (secondary N) is 1. The predicted octanol–water partition coefficient (Wildman–Crippen LogP) is 2.26. The molecule has 0 saturated heterocycles. The average molecular weight is 274 g/mol. The molecule has 0 bridgehead atoms. The van der Waals surface area contributed by atoms with E-state index in [2.05, 4.69) is 5.32 Å². The summed E-state index contributed by atoms with van der Waals surface area (Å²) in [6, 6.07) is 3.31. The van der Waals surface area contributed by atoms with Crippen molar-refractivity contribution in [1.29, 1.82) is 0 Å². The molecule has 0 aliphatic rings. The van der Waals surface area contributed by atoms with Crippen molar-refractivity contribution in [1.82, 2.24) is 0 Å². The highest BCUT2D eigenvalue weighted by atomic mass is 32.2. The summed E-state index contributed by atoms with van der Waals surface area (Å²) in [5.74, 6) is 0.0607. The van der Waals surface area contributed by atoms with Crippen molar-refractivity contribution < 1.29 is 14.4 Å². The standard InChI is InChI=1S/C11H15FN2O3S/c1-18-7-9(4-5-15)13-10-3-2-8(12)6-11(10)14(16)17/h2-3,6,9,13,15H,4-5,7H2,1H3/t9-/m0/s1. The number of thioether (sulfide) groups is 1.